The van der Waals surface area contributed by atoms with Gasteiger partial charge in [0.25, 0.3) is 0 Å². The summed E-state index contributed by atoms with van der Waals surface area (Å²) in [6.07, 6.45) is 21.4. The number of ether oxygens (including phenoxy) is 6. The summed E-state index contributed by atoms with van der Waals surface area (Å²) in [5, 5.41) is 120. The average Bonchev–Trinajstić information content (AvgIpc) is 3.56. The van der Waals surface area contributed by atoms with Crippen LogP contribution in [0.1, 0.15) is 213 Å². The van der Waals surface area contributed by atoms with Crippen LogP contribution in [-0.2, 0) is 33.2 Å². The summed E-state index contributed by atoms with van der Waals surface area (Å²) < 4.78 is 34.2. The van der Waals surface area contributed by atoms with Crippen molar-refractivity contribution in [3.63, 3.8) is 0 Å². The van der Waals surface area contributed by atoms with Crippen LogP contribution in [0.3, 0.4) is 0 Å². The zero-order valence-electron chi connectivity index (χ0n) is 48.8. The molecular formula is C61H111NO18. The minimum atomic E-state index is -1.98. The number of hydrogen-bond acceptors (Lipinski definition) is 18. The quantitative estimate of drug-likeness (QED) is 0.0242. The normalized spacial score (nSPS) is 30.2. The molecule has 0 spiro atoms. The van der Waals surface area contributed by atoms with Crippen molar-refractivity contribution in [1.29, 1.82) is 0 Å². The van der Waals surface area contributed by atoms with Gasteiger partial charge in [-0.15, -0.1) is 0 Å². The SMILES string of the molecule is CCCCCCCCCCCCCCC/C=C/CC/C=C/CC/C=C/C(O)C(COC1OC(CO)C(OC2OC(CO)C(OC3OC(CO)C(O)C(O)C3O)C(O)C2O)C(O)C1O)NC(=O)CCCCCCCCCCCCCC. The second-order valence-electron chi connectivity index (χ2n) is 22.5. The summed E-state index contributed by atoms with van der Waals surface area (Å²) in [4.78, 5) is 13.3. The fraction of sp³-hybridized carbons (Fsp3) is 0.885. The Kier molecular flexibility index (Phi) is 40.2. The highest BCUT2D eigenvalue weighted by Crippen LogP contribution is 2.33. The third-order valence-corrected chi connectivity index (χ3v) is 15.7. The fourth-order valence-electron chi connectivity index (χ4n) is 10.5. The molecule has 17 atom stereocenters. The Morgan fingerprint density at radius 3 is 1.25 bits per heavy atom. The molecule has 3 aliphatic heterocycles. The maximum Gasteiger partial charge on any atom is 0.220 e. The van der Waals surface area contributed by atoms with Crippen molar-refractivity contribution in [3.8, 4) is 0 Å². The zero-order valence-corrected chi connectivity index (χ0v) is 48.8. The first-order chi connectivity index (χ1) is 38.8. The number of carbonyl (C=O) groups is 1. The van der Waals surface area contributed by atoms with Crippen LogP contribution < -0.4 is 5.32 Å². The Morgan fingerprint density at radius 2 is 0.800 bits per heavy atom. The molecule has 12 N–H and O–H groups in total. The minimum Gasteiger partial charge on any atom is -0.394 e. The Hall–Kier alpha value is -1.99. The molecule has 3 aliphatic rings. The van der Waals surface area contributed by atoms with Crippen molar-refractivity contribution in [2.24, 2.45) is 0 Å². The summed E-state index contributed by atoms with van der Waals surface area (Å²) in [6.45, 7) is 1.69. The lowest BCUT2D eigenvalue weighted by atomic mass is 9.96. The van der Waals surface area contributed by atoms with Crippen LogP contribution >= 0.6 is 0 Å². The van der Waals surface area contributed by atoms with Gasteiger partial charge in [0.15, 0.2) is 18.9 Å². The van der Waals surface area contributed by atoms with Crippen molar-refractivity contribution in [1.82, 2.24) is 5.32 Å². The topological polar surface area (TPSA) is 307 Å². The first-order valence-corrected chi connectivity index (χ1v) is 31.2. The van der Waals surface area contributed by atoms with E-state index in [0.29, 0.717) is 12.8 Å². The highest BCUT2D eigenvalue weighted by Gasteiger charge is 2.53. The van der Waals surface area contributed by atoms with Crippen LogP contribution in [0.5, 0.6) is 0 Å². The number of rotatable bonds is 46. The number of amides is 1. The average molecular weight is 1150 g/mol. The van der Waals surface area contributed by atoms with E-state index in [4.69, 9.17) is 28.4 Å². The van der Waals surface area contributed by atoms with E-state index in [1.165, 1.54) is 135 Å². The van der Waals surface area contributed by atoms with Crippen LogP contribution in [0.4, 0.5) is 0 Å². The van der Waals surface area contributed by atoms with Gasteiger partial charge in [0.2, 0.25) is 5.91 Å². The molecule has 19 nitrogen and oxygen atoms in total. The zero-order chi connectivity index (χ0) is 58.3. The van der Waals surface area contributed by atoms with Crippen molar-refractivity contribution in [2.75, 3.05) is 26.4 Å². The first kappa shape index (κ1) is 72.3. The van der Waals surface area contributed by atoms with E-state index in [9.17, 15) is 61.0 Å². The molecule has 3 fully saturated rings. The van der Waals surface area contributed by atoms with Crippen LogP contribution in [-0.4, -0.2) is 193 Å². The molecule has 3 rings (SSSR count). The van der Waals surface area contributed by atoms with E-state index in [2.05, 4.69) is 43.5 Å². The fourth-order valence-corrected chi connectivity index (χ4v) is 10.5. The number of hydrogen-bond donors (Lipinski definition) is 12. The largest absolute Gasteiger partial charge is 0.394 e. The van der Waals surface area contributed by atoms with Gasteiger partial charge in [0.1, 0.15) is 73.2 Å². The summed E-state index contributed by atoms with van der Waals surface area (Å²) in [7, 11) is 0. The molecule has 468 valence electrons. The van der Waals surface area contributed by atoms with E-state index in [1.54, 1.807) is 6.08 Å². The Labute approximate surface area is 479 Å². The minimum absolute atomic E-state index is 0.234. The summed E-state index contributed by atoms with van der Waals surface area (Å²) in [5.41, 5.74) is 0. The van der Waals surface area contributed by atoms with E-state index in [-0.39, 0.29) is 18.9 Å². The second kappa shape index (κ2) is 44.5. The van der Waals surface area contributed by atoms with Gasteiger partial charge in [0.05, 0.1) is 38.6 Å². The second-order valence-corrected chi connectivity index (χ2v) is 22.5. The van der Waals surface area contributed by atoms with Gasteiger partial charge in [-0.1, -0.05) is 198 Å². The Bertz CT molecular complexity index is 1600. The number of nitrogens with one attached hydrogen (secondary N) is 1. The van der Waals surface area contributed by atoms with Crippen LogP contribution in [0.25, 0.3) is 0 Å². The predicted molar refractivity (Wildman–Crippen MR) is 305 cm³/mol. The maximum absolute atomic E-state index is 13.3. The van der Waals surface area contributed by atoms with Crippen LogP contribution in [0, 0.1) is 0 Å². The number of carbonyl (C=O) groups excluding carboxylic acids is 1. The first-order valence-electron chi connectivity index (χ1n) is 31.2. The molecule has 0 aromatic heterocycles. The molecule has 3 saturated heterocycles. The maximum atomic E-state index is 13.3. The molecule has 17 unspecified atom stereocenters. The number of allylic oxidation sites excluding steroid dienone is 5. The van der Waals surface area contributed by atoms with Gasteiger partial charge in [-0.3, -0.25) is 4.79 Å². The Balaban J connectivity index is 1.49. The summed E-state index contributed by atoms with van der Waals surface area (Å²) >= 11 is 0. The molecule has 80 heavy (non-hydrogen) atoms. The highest BCUT2D eigenvalue weighted by atomic mass is 16.8. The predicted octanol–water partition coefficient (Wildman–Crippen LogP) is 6.10. The van der Waals surface area contributed by atoms with Crippen LogP contribution in [0.2, 0.25) is 0 Å². The molecule has 0 bridgehead atoms. The van der Waals surface area contributed by atoms with Gasteiger partial charge >= 0.3 is 0 Å². The lowest BCUT2D eigenvalue weighted by Gasteiger charge is -2.48. The van der Waals surface area contributed by atoms with Gasteiger partial charge < -0.3 is 89.9 Å². The Morgan fingerprint density at radius 1 is 0.438 bits per heavy atom. The van der Waals surface area contributed by atoms with Crippen molar-refractivity contribution >= 4 is 5.91 Å². The monoisotopic (exact) mass is 1150 g/mol. The molecule has 19 heteroatoms. The van der Waals surface area contributed by atoms with Crippen molar-refractivity contribution in [2.45, 2.75) is 317 Å². The number of aliphatic hydroxyl groups is 11. The summed E-state index contributed by atoms with van der Waals surface area (Å²) in [6, 6.07) is -0.992. The van der Waals surface area contributed by atoms with Crippen molar-refractivity contribution in [3.05, 3.63) is 36.5 Å². The van der Waals surface area contributed by atoms with E-state index >= 15 is 0 Å². The van der Waals surface area contributed by atoms with E-state index in [1.807, 2.05) is 6.08 Å². The van der Waals surface area contributed by atoms with Gasteiger partial charge in [0, 0.05) is 6.42 Å². The lowest BCUT2D eigenvalue weighted by Crippen LogP contribution is -2.66. The molecule has 0 radical (unpaired) electrons. The van der Waals surface area contributed by atoms with Gasteiger partial charge in [-0.2, -0.15) is 0 Å². The third-order valence-electron chi connectivity index (χ3n) is 15.7. The molecule has 0 aromatic carbocycles. The molecule has 0 aliphatic carbocycles. The molecule has 3 heterocycles. The molecular weight excluding hydrogens is 1030 g/mol. The van der Waals surface area contributed by atoms with Crippen molar-refractivity contribution < 1.29 is 89.4 Å². The molecule has 1 amide bonds. The number of aliphatic hydroxyl groups excluding tert-OH is 11. The third kappa shape index (κ3) is 27.8. The van der Waals surface area contributed by atoms with Gasteiger partial charge in [-0.05, 0) is 44.9 Å². The summed E-state index contributed by atoms with van der Waals surface area (Å²) in [5.74, 6) is -0.290. The van der Waals surface area contributed by atoms with Crippen LogP contribution in [0.15, 0.2) is 36.5 Å². The standard InChI is InChI=1S/C61H111NO18/c1-3-5-7-9-11-13-15-17-18-19-20-21-22-23-24-25-26-27-28-30-32-34-36-38-45(66)44(62-49(67)39-37-35-33-31-29-16-14-12-10-8-6-4-2)43-75-59-55(73)52(70)57(47(41-64)77-59)80-61-56(74)53(71)58(48(42-65)78-61)79-60-54(72)51(69)50(68)46(40-63)76-60/h24-25,28,30,36,38,44-48,50-61,63-66,68-74H,3-23,26-27,29,31-35,37,39-43H2,1-2H3,(H,62,67)/b25-24+,30-28+,38-36+. The van der Waals surface area contributed by atoms with E-state index < -0.39 is 124 Å². The highest BCUT2D eigenvalue weighted by molar-refractivity contribution is 5.76. The number of unbranched alkanes of at least 4 members (excludes halogenated alkanes) is 26. The van der Waals surface area contributed by atoms with E-state index in [0.717, 1.165) is 44.9 Å². The smallest absolute Gasteiger partial charge is 0.220 e. The molecule has 0 saturated carbocycles. The molecule has 0 aromatic rings. The van der Waals surface area contributed by atoms with Gasteiger partial charge in [-0.25, -0.2) is 0 Å². The lowest BCUT2D eigenvalue weighted by molar-refractivity contribution is -0.379.